The fraction of sp³-hybridized carbons (Fsp3) is 0.133. The van der Waals surface area contributed by atoms with E-state index in [1.54, 1.807) is 25.1 Å². The Hall–Kier alpha value is -2.90. The van der Waals surface area contributed by atoms with E-state index in [4.69, 9.17) is 0 Å². The summed E-state index contributed by atoms with van der Waals surface area (Å²) in [5.41, 5.74) is 1.23. The highest BCUT2D eigenvalue weighted by atomic mass is 19.4. The Balaban J connectivity index is 1.89. The average molecular weight is 320 g/mol. The molecule has 0 saturated carbocycles. The van der Waals surface area contributed by atoms with Gasteiger partial charge in [0, 0.05) is 11.3 Å². The Labute approximate surface area is 128 Å². The number of pyridine rings is 1. The normalized spacial score (nSPS) is 11.7. The molecule has 3 rings (SSSR count). The molecule has 2 N–H and O–H groups in total. The maximum absolute atomic E-state index is 12.6. The molecule has 0 radical (unpaired) electrons. The number of aryl methyl sites for hydroxylation is 1. The molecule has 0 aliphatic heterocycles. The number of nitrogens with zero attached hydrogens (tertiary/aromatic N) is 2. The fourth-order valence-electron chi connectivity index (χ4n) is 2.09. The van der Waals surface area contributed by atoms with E-state index in [0.29, 0.717) is 5.82 Å². The van der Waals surface area contributed by atoms with Gasteiger partial charge in [0.2, 0.25) is 5.82 Å². The summed E-state index contributed by atoms with van der Waals surface area (Å²) < 4.78 is 37.9. The number of rotatable bonds is 2. The van der Waals surface area contributed by atoms with Gasteiger partial charge in [-0.1, -0.05) is 6.07 Å². The zero-order valence-corrected chi connectivity index (χ0v) is 11.9. The van der Waals surface area contributed by atoms with Gasteiger partial charge in [0.15, 0.2) is 0 Å². The summed E-state index contributed by atoms with van der Waals surface area (Å²) in [6, 6.07) is 9.24. The number of hydrogen-bond acceptors (Lipinski definition) is 3. The van der Waals surface area contributed by atoms with Gasteiger partial charge in [-0.15, -0.1) is 0 Å². The van der Waals surface area contributed by atoms with Gasteiger partial charge in [0.05, 0.1) is 11.0 Å². The van der Waals surface area contributed by atoms with Crippen molar-refractivity contribution in [3.63, 3.8) is 0 Å². The maximum Gasteiger partial charge on any atom is 0.449 e. The number of fused-ring (bicyclic) bond motifs is 1. The Kier molecular flexibility index (Phi) is 3.51. The second-order valence-corrected chi connectivity index (χ2v) is 4.93. The van der Waals surface area contributed by atoms with Gasteiger partial charge in [-0.2, -0.15) is 13.2 Å². The van der Waals surface area contributed by atoms with E-state index in [2.05, 4.69) is 20.3 Å². The molecule has 0 spiro atoms. The second kappa shape index (κ2) is 5.38. The van der Waals surface area contributed by atoms with Gasteiger partial charge in [0.1, 0.15) is 5.82 Å². The largest absolute Gasteiger partial charge is 0.449 e. The molecule has 0 saturated heterocycles. The van der Waals surface area contributed by atoms with Gasteiger partial charge in [-0.25, -0.2) is 9.97 Å². The molecule has 2 heterocycles. The van der Waals surface area contributed by atoms with Crippen molar-refractivity contribution in [2.75, 3.05) is 5.32 Å². The summed E-state index contributed by atoms with van der Waals surface area (Å²) >= 11 is 0. The third-order valence-corrected chi connectivity index (χ3v) is 3.14. The molecular formula is C15H11F3N4O. The molecule has 0 unspecified atom stereocenters. The van der Waals surface area contributed by atoms with E-state index in [-0.39, 0.29) is 16.6 Å². The molecule has 2 aromatic heterocycles. The topological polar surface area (TPSA) is 70.7 Å². The summed E-state index contributed by atoms with van der Waals surface area (Å²) in [6.45, 7) is 1.78. The van der Waals surface area contributed by atoms with E-state index in [9.17, 15) is 18.0 Å². The molecule has 0 atom stereocenters. The predicted octanol–water partition coefficient (Wildman–Crippen LogP) is 3.54. The van der Waals surface area contributed by atoms with Crippen LogP contribution in [0.25, 0.3) is 11.0 Å². The van der Waals surface area contributed by atoms with E-state index in [1.807, 2.05) is 0 Å². The first-order valence-electron chi connectivity index (χ1n) is 6.65. The van der Waals surface area contributed by atoms with E-state index in [1.165, 1.54) is 18.2 Å². The summed E-state index contributed by atoms with van der Waals surface area (Å²) in [4.78, 5) is 21.9. The van der Waals surface area contributed by atoms with Crippen molar-refractivity contribution >= 4 is 22.8 Å². The van der Waals surface area contributed by atoms with Gasteiger partial charge in [-0.3, -0.25) is 4.79 Å². The SMILES string of the molecule is Cc1cccc(NC(=O)c2ccc3nc(C(F)(F)F)[nH]c3c2)n1. The number of carbonyl (C=O) groups excluding carboxylic acids is 1. The van der Waals surface area contributed by atoms with Gasteiger partial charge in [-0.05, 0) is 37.3 Å². The highest BCUT2D eigenvalue weighted by Crippen LogP contribution is 2.28. The molecule has 0 fully saturated rings. The molecular weight excluding hydrogens is 309 g/mol. The van der Waals surface area contributed by atoms with Crippen LogP contribution in [-0.2, 0) is 6.18 Å². The lowest BCUT2D eigenvalue weighted by molar-refractivity contribution is -0.144. The number of nitrogens with one attached hydrogen (secondary N) is 2. The van der Waals surface area contributed by atoms with Crippen LogP contribution < -0.4 is 5.32 Å². The molecule has 0 bridgehead atoms. The zero-order valence-electron chi connectivity index (χ0n) is 11.9. The number of alkyl halides is 3. The minimum absolute atomic E-state index is 0.141. The number of H-pyrrole nitrogens is 1. The minimum atomic E-state index is -4.56. The number of imidazole rings is 1. The van der Waals surface area contributed by atoms with E-state index in [0.717, 1.165) is 5.69 Å². The van der Waals surface area contributed by atoms with Crippen molar-refractivity contribution in [3.8, 4) is 0 Å². The second-order valence-electron chi connectivity index (χ2n) is 4.93. The predicted molar refractivity (Wildman–Crippen MR) is 78.0 cm³/mol. The standard InChI is InChI=1S/C15H11F3N4O/c1-8-3-2-4-12(19-8)22-13(23)9-5-6-10-11(7-9)21-14(20-10)15(16,17)18/h2-7H,1H3,(H,20,21)(H,19,22,23). The Bertz CT molecular complexity index is 886. The third kappa shape index (κ3) is 3.15. The molecule has 0 aliphatic rings. The molecule has 0 aliphatic carbocycles. The smallest absolute Gasteiger partial charge is 0.334 e. The van der Waals surface area contributed by atoms with Crippen LogP contribution in [0.3, 0.4) is 0 Å². The first-order chi connectivity index (χ1) is 10.8. The fourth-order valence-corrected chi connectivity index (χ4v) is 2.09. The molecule has 23 heavy (non-hydrogen) atoms. The lowest BCUT2D eigenvalue weighted by atomic mass is 10.2. The Morgan fingerprint density at radius 1 is 1.17 bits per heavy atom. The molecule has 118 valence electrons. The summed E-state index contributed by atoms with van der Waals surface area (Å²) in [5, 5.41) is 2.59. The van der Waals surface area contributed by atoms with E-state index < -0.39 is 17.9 Å². The van der Waals surface area contributed by atoms with Crippen molar-refractivity contribution in [2.45, 2.75) is 13.1 Å². The average Bonchev–Trinajstić information content (AvgIpc) is 2.90. The quantitative estimate of drug-likeness (QED) is 0.759. The molecule has 1 aromatic carbocycles. The summed E-state index contributed by atoms with van der Waals surface area (Å²) in [6.07, 6.45) is -4.56. The maximum atomic E-state index is 12.6. The van der Waals surface area contributed by atoms with Crippen LogP contribution in [0, 0.1) is 6.92 Å². The van der Waals surface area contributed by atoms with Crippen LogP contribution in [0.1, 0.15) is 21.9 Å². The van der Waals surface area contributed by atoms with Gasteiger partial charge in [0.25, 0.3) is 5.91 Å². The first kappa shape index (κ1) is 15.0. The number of aromatic nitrogens is 3. The van der Waals surface area contributed by atoms with Crippen molar-refractivity contribution in [1.82, 2.24) is 15.0 Å². The lowest BCUT2D eigenvalue weighted by Gasteiger charge is -2.05. The van der Waals surface area contributed by atoms with Gasteiger partial charge >= 0.3 is 6.18 Å². The molecule has 3 aromatic rings. The number of aromatic amines is 1. The monoisotopic (exact) mass is 320 g/mol. The number of halogens is 3. The number of hydrogen-bond donors (Lipinski definition) is 2. The van der Waals surface area contributed by atoms with Crippen molar-refractivity contribution in [1.29, 1.82) is 0 Å². The van der Waals surface area contributed by atoms with E-state index >= 15 is 0 Å². The Morgan fingerprint density at radius 2 is 1.96 bits per heavy atom. The van der Waals surface area contributed by atoms with Crippen LogP contribution in [0.15, 0.2) is 36.4 Å². The van der Waals surface area contributed by atoms with Crippen molar-refractivity contribution in [3.05, 3.63) is 53.5 Å². The molecule has 8 heteroatoms. The lowest BCUT2D eigenvalue weighted by Crippen LogP contribution is -2.13. The highest BCUT2D eigenvalue weighted by Gasteiger charge is 2.34. The number of anilines is 1. The van der Waals surface area contributed by atoms with Crippen LogP contribution in [0.5, 0.6) is 0 Å². The van der Waals surface area contributed by atoms with Crippen molar-refractivity contribution in [2.24, 2.45) is 0 Å². The Morgan fingerprint density at radius 3 is 2.65 bits per heavy atom. The first-order valence-corrected chi connectivity index (χ1v) is 6.65. The van der Waals surface area contributed by atoms with Crippen LogP contribution in [-0.4, -0.2) is 20.9 Å². The summed E-state index contributed by atoms with van der Waals surface area (Å²) in [7, 11) is 0. The van der Waals surface area contributed by atoms with Gasteiger partial charge < -0.3 is 10.3 Å². The highest BCUT2D eigenvalue weighted by molar-refractivity contribution is 6.05. The zero-order chi connectivity index (χ0) is 16.6. The van der Waals surface area contributed by atoms with Crippen molar-refractivity contribution < 1.29 is 18.0 Å². The number of carbonyl (C=O) groups is 1. The van der Waals surface area contributed by atoms with Crippen LogP contribution in [0.4, 0.5) is 19.0 Å². The molecule has 1 amide bonds. The third-order valence-electron chi connectivity index (χ3n) is 3.14. The number of benzene rings is 1. The summed E-state index contributed by atoms with van der Waals surface area (Å²) in [5.74, 6) is -1.19. The van der Waals surface area contributed by atoms with Crippen LogP contribution >= 0.6 is 0 Å². The minimum Gasteiger partial charge on any atom is -0.334 e. The number of amides is 1. The van der Waals surface area contributed by atoms with Crippen LogP contribution in [0.2, 0.25) is 0 Å². The molecule has 5 nitrogen and oxygen atoms in total.